The number of benzene rings is 2. The molecule has 0 spiro atoms. The lowest BCUT2D eigenvalue weighted by Gasteiger charge is -2.10. The summed E-state index contributed by atoms with van der Waals surface area (Å²) < 4.78 is 5.69. The van der Waals surface area contributed by atoms with Crippen molar-refractivity contribution in [2.75, 3.05) is 5.32 Å². The van der Waals surface area contributed by atoms with Crippen LogP contribution in [0.5, 0.6) is 11.5 Å². The summed E-state index contributed by atoms with van der Waals surface area (Å²) in [6.07, 6.45) is 0. The summed E-state index contributed by atoms with van der Waals surface area (Å²) in [7, 11) is 0. The first-order valence-corrected chi connectivity index (χ1v) is 6.49. The molecule has 0 aliphatic rings. The molecule has 0 saturated heterocycles. The van der Waals surface area contributed by atoms with Crippen LogP contribution in [0.15, 0.2) is 54.6 Å². The number of amides is 1. The second kappa shape index (κ2) is 6.29. The molecule has 98 valence electrons. The Labute approximate surface area is 118 Å². The Kier molecular flexibility index (Phi) is 4.47. The van der Waals surface area contributed by atoms with Crippen LogP contribution < -0.4 is 10.1 Å². The summed E-state index contributed by atoms with van der Waals surface area (Å²) in [5.74, 6) is 1.30. The summed E-state index contributed by atoms with van der Waals surface area (Å²) in [5, 5.41) is 2.42. The van der Waals surface area contributed by atoms with Gasteiger partial charge in [-0.15, -0.1) is 0 Å². The average molecular weight is 273 g/mol. The highest BCUT2D eigenvalue weighted by Gasteiger charge is 2.08. The van der Waals surface area contributed by atoms with E-state index in [0.29, 0.717) is 11.4 Å². The van der Waals surface area contributed by atoms with E-state index >= 15 is 0 Å². The molecule has 1 amide bonds. The lowest BCUT2D eigenvalue weighted by Crippen LogP contribution is -2.20. The van der Waals surface area contributed by atoms with Crippen LogP contribution in [0.4, 0.5) is 5.69 Å². The van der Waals surface area contributed by atoms with Crippen molar-refractivity contribution in [1.82, 2.24) is 0 Å². The Morgan fingerprint density at radius 3 is 2.47 bits per heavy atom. The molecule has 0 heterocycles. The molecule has 0 radical (unpaired) electrons. The zero-order valence-electron chi connectivity index (χ0n) is 10.5. The van der Waals surface area contributed by atoms with Gasteiger partial charge in [-0.2, -0.15) is 12.6 Å². The van der Waals surface area contributed by atoms with Gasteiger partial charge in [-0.1, -0.05) is 24.3 Å². The maximum absolute atomic E-state index is 11.6. The number of rotatable bonds is 4. The average Bonchev–Trinajstić information content (AvgIpc) is 2.40. The fraction of sp³-hybridized carbons (Fsp3) is 0.133. The minimum atomic E-state index is -0.348. The van der Waals surface area contributed by atoms with Gasteiger partial charge in [0.2, 0.25) is 5.91 Å². The van der Waals surface area contributed by atoms with E-state index in [4.69, 9.17) is 4.74 Å². The number of carbonyl (C=O) groups is 1. The summed E-state index contributed by atoms with van der Waals surface area (Å²) in [6.45, 7) is 1.72. The predicted octanol–water partition coefficient (Wildman–Crippen LogP) is 3.74. The van der Waals surface area contributed by atoms with Gasteiger partial charge in [0.25, 0.3) is 0 Å². The van der Waals surface area contributed by atoms with Crippen molar-refractivity contribution in [3.63, 3.8) is 0 Å². The number of carbonyl (C=O) groups excluding carboxylic acids is 1. The van der Waals surface area contributed by atoms with Gasteiger partial charge in [-0.25, -0.2) is 0 Å². The van der Waals surface area contributed by atoms with Crippen molar-refractivity contribution in [1.29, 1.82) is 0 Å². The molecule has 1 unspecified atom stereocenters. The third kappa shape index (κ3) is 4.03. The summed E-state index contributed by atoms with van der Waals surface area (Å²) in [6, 6.07) is 16.8. The molecular weight excluding hydrogens is 258 g/mol. The second-order valence-electron chi connectivity index (χ2n) is 4.11. The molecule has 2 aromatic carbocycles. The molecule has 1 atom stereocenters. The van der Waals surface area contributed by atoms with Crippen molar-refractivity contribution in [3.8, 4) is 11.5 Å². The summed E-state index contributed by atoms with van der Waals surface area (Å²) >= 11 is 4.09. The number of hydrogen-bond acceptors (Lipinski definition) is 3. The summed E-state index contributed by atoms with van der Waals surface area (Å²) in [4.78, 5) is 11.6. The molecule has 4 heteroatoms. The Bertz CT molecular complexity index is 555. The topological polar surface area (TPSA) is 38.3 Å². The Hall–Kier alpha value is -1.94. The van der Waals surface area contributed by atoms with E-state index in [1.54, 1.807) is 13.0 Å². The highest BCUT2D eigenvalue weighted by molar-refractivity contribution is 7.81. The van der Waals surface area contributed by atoms with E-state index in [9.17, 15) is 4.79 Å². The van der Waals surface area contributed by atoms with Crippen molar-refractivity contribution in [3.05, 3.63) is 54.6 Å². The van der Waals surface area contributed by atoms with Crippen molar-refractivity contribution in [2.45, 2.75) is 12.2 Å². The summed E-state index contributed by atoms with van der Waals surface area (Å²) in [5.41, 5.74) is 0.694. The van der Waals surface area contributed by atoms with E-state index in [1.165, 1.54) is 0 Å². The van der Waals surface area contributed by atoms with Gasteiger partial charge in [-0.3, -0.25) is 4.79 Å². The lowest BCUT2D eigenvalue weighted by molar-refractivity contribution is -0.115. The minimum Gasteiger partial charge on any atom is -0.457 e. The molecular formula is C15H15NO2S. The van der Waals surface area contributed by atoms with Crippen LogP contribution >= 0.6 is 12.6 Å². The van der Waals surface area contributed by atoms with Gasteiger partial charge in [0.05, 0.1) is 5.25 Å². The van der Waals surface area contributed by atoms with E-state index in [2.05, 4.69) is 17.9 Å². The number of anilines is 1. The highest BCUT2D eigenvalue weighted by atomic mass is 32.1. The van der Waals surface area contributed by atoms with Gasteiger partial charge in [-0.05, 0) is 31.2 Å². The number of thiol groups is 1. The van der Waals surface area contributed by atoms with Crippen LogP contribution in [0.25, 0.3) is 0 Å². The molecule has 0 fully saturated rings. The third-order valence-electron chi connectivity index (χ3n) is 2.46. The van der Waals surface area contributed by atoms with Crippen molar-refractivity contribution >= 4 is 24.2 Å². The van der Waals surface area contributed by atoms with Crippen molar-refractivity contribution < 1.29 is 9.53 Å². The van der Waals surface area contributed by atoms with Gasteiger partial charge in [0.15, 0.2) is 0 Å². The lowest BCUT2D eigenvalue weighted by atomic mass is 10.3. The smallest absolute Gasteiger partial charge is 0.236 e. The highest BCUT2D eigenvalue weighted by Crippen LogP contribution is 2.23. The van der Waals surface area contributed by atoms with Crippen LogP contribution in [0.3, 0.4) is 0 Å². The van der Waals surface area contributed by atoms with Crippen LogP contribution in [0, 0.1) is 0 Å². The molecule has 0 aliphatic carbocycles. The third-order valence-corrected chi connectivity index (χ3v) is 2.69. The normalized spacial score (nSPS) is 11.7. The second-order valence-corrected chi connectivity index (χ2v) is 4.88. The Morgan fingerprint density at radius 2 is 1.79 bits per heavy atom. The first-order valence-electron chi connectivity index (χ1n) is 5.97. The van der Waals surface area contributed by atoms with E-state index in [-0.39, 0.29) is 11.2 Å². The van der Waals surface area contributed by atoms with Gasteiger partial charge >= 0.3 is 0 Å². The molecule has 1 N–H and O–H groups in total. The van der Waals surface area contributed by atoms with Gasteiger partial charge in [0.1, 0.15) is 11.5 Å². The number of nitrogens with one attached hydrogen (secondary N) is 1. The maximum Gasteiger partial charge on any atom is 0.236 e. The molecule has 19 heavy (non-hydrogen) atoms. The Balaban J connectivity index is 2.09. The zero-order chi connectivity index (χ0) is 13.7. The molecule has 3 nitrogen and oxygen atoms in total. The molecule has 2 aromatic rings. The van der Waals surface area contributed by atoms with Crippen LogP contribution in [0.2, 0.25) is 0 Å². The number of ether oxygens (including phenoxy) is 1. The first-order chi connectivity index (χ1) is 9.15. The van der Waals surface area contributed by atoms with Crippen LogP contribution in [-0.2, 0) is 4.79 Å². The largest absolute Gasteiger partial charge is 0.457 e. The predicted molar refractivity (Wildman–Crippen MR) is 80.0 cm³/mol. The Morgan fingerprint density at radius 1 is 1.11 bits per heavy atom. The zero-order valence-corrected chi connectivity index (χ0v) is 11.4. The molecule has 2 rings (SSSR count). The van der Waals surface area contributed by atoms with E-state index in [0.717, 1.165) is 5.75 Å². The van der Waals surface area contributed by atoms with Gasteiger partial charge in [0, 0.05) is 11.8 Å². The van der Waals surface area contributed by atoms with Crippen LogP contribution in [0.1, 0.15) is 6.92 Å². The monoisotopic (exact) mass is 273 g/mol. The quantitative estimate of drug-likeness (QED) is 0.833. The van der Waals surface area contributed by atoms with Crippen LogP contribution in [-0.4, -0.2) is 11.2 Å². The standard InChI is InChI=1S/C15H15NO2S/c1-11(19)15(17)16-12-6-5-9-14(10-12)18-13-7-3-2-4-8-13/h2-11,19H,1H3,(H,16,17). The molecule has 0 saturated carbocycles. The number of hydrogen-bond donors (Lipinski definition) is 2. The fourth-order valence-corrected chi connectivity index (χ4v) is 1.57. The minimum absolute atomic E-state index is 0.139. The SMILES string of the molecule is CC(S)C(=O)Nc1cccc(Oc2ccccc2)c1. The maximum atomic E-state index is 11.6. The van der Waals surface area contributed by atoms with Crippen molar-refractivity contribution in [2.24, 2.45) is 0 Å². The first kappa shape index (κ1) is 13.5. The molecule has 0 bridgehead atoms. The molecule has 0 aromatic heterocycles. The number of para-hydroxylation sites is 1. The molecule has 0 aliphatic heterocycles. The van der Waals surface area contributed by atoms with E-state index < -0.39 is 0 Å². The van der Waals surface area contributed by atoms with E-state index in [1.807, 2.05) is 48.5 Å². The van der Waals surface area contributed by atoms with Gasteiger partial charge < -0.3 is 10.1 Å². The fourth-order valence-electron chi connectivity index (χ4n) is 1.51.